The Kier molecular flexibility index (Phi) is 5.30. The van der Waals surface area contributed by atoms with Gasteiger partial charge in [0.25, 0.3) is 5.69 Å². The topological polar surface area (TPSA) is 71.3 Å². The van der Waals surface area contributed by atoms with E-state index in [9.17, 15) is 10.1 Å². The summed E-state index contributed by atoms with van der Waals surface area (Å²) in [4.78, 5) is 16.4. The SMILES string of the molecule is CNC1CCCN(c2ccc([N+](=O)[O-])cn2)C1.Cl. The summed E-state index contributed by atoms with van der Waals surface area (Å²) in [5.41, 5.74) is 0.0379. The average molecular weight is 273 g/mol. The first-order valence-electron chi connectivity index (χ1n) is 5.73. The Morgan fingerprint density at radius 1 is 1.56 bits per heavy atom. The molecular weight excluding hydrogens is 256 g/mol. The van der Waals surface area contributed by atoms with Crippen molar-refractivity contribution in [1.29, 1.82) is 0 Å². The molecule has 2 rings (SSSR count). The van der Waals surface area contributed by atoms with Crippen LogP contribution in [-0.2, 0) is 0 Å². The number of pyridine rings is 1. The molecule has 1 N–H and O–H groups in total. The zero-order chi connectivity index (χ0) is 12.3. The first-order chi connectivity index (χ1) is 8.20. The van der Waals surface area contributed by atoms with Gasteiger partial charge in [0.2, 0.25) is 0 Å². The molecule has 1 unspecified atom stereocenters. The number of anilines is 1. The van der Waals surface area contributed by atoms with Crippen molar-refractivity contribution in [3.05, 3.63) is 28.4 Å². The van der Waals surface area contributed by atoms with E-state index in [1.807, 2.05) is 7.05 Å². The third kappa shape index (κ3) is 3.30. The fourth-order valence-corrected chi connectivity index (χ4v) is 2.09. The number of rotatable bonds is 3. The summed E-state index contributed by atoms with van der Waals surface area (Å²) in [6.45, 7) is 1.87. The number of nitrogens with zero attached hydrogens (tertiary/aromatic N) is 3. The summed E-state index contributed by atoms with van der Waals surface area (Å²) in [7, 11) is 1.96. The standard InChI is InChI=1S/C11H16N4O2.ClH/c1-12-9-3-2-6-14(8-9)11-5-4-10(7-13-11)15(16)17;/h4-5,7,9,12H,2-3,6,8H2,1H3;1H. The zero-order valence-corrected chi connectivity index (χ0v) is 11.0. The molecule has 100 valence electrons. The number of nitrogens with one attached hydrogen (secondary N) is 1. The third-order valence-corrected chi connectivity index (χ3v) is 3.10. The molecule has 0 spiro atoms. The minimum Gasteiger partial charge on any atom is -0.355 e. The molecule has 0 bridgehead atoms. The predicted octanol–water partition coefficient (Wildman–Crippen LogP) is 1.60. The van der Waals surface area contributed by atoms with Crippen LogP contribution in [0.4, 0.5) is 11.5 Å². The maximum atomic E-state index is 10.5. The molecule has 7 heteroatoms. The second kappa shape index (κ2) is 6.51. The van der Waals surface area contributed by atoms with Crippen molar-refractivity contribution in [2.75, 3.05) is 25.0 Å². The van der Waals surface area contributed by atoms with Crippen LogP contribution in [0.15, 0.2) is 18.3 Å². The summed E-state index contributed by atoms with van der Waals surface area (Å²) in [6, 6.07) is 3.70. The van der Waals surface area contributed by atoms with Crippen LogP contribution in [0.2, 0.25) is 0 Å². The minimum absolute atomic E-state index is 0. The van der Waals surface area contributed by atoms with Gasteiger partial charge in [-0.1, -0.05) is 0 Å². The van der Waals surface area contributed by atoms with E-state index in [1.54, 1.807) is 6.07 Å². The van der Waals surface area contributed by atoms with Gasteiger partial charge < -0.3 is 10.2 Å². The van der Waals surface area contributed by atoms with Crippen molar-refractivity contribution in [3.8, 4) is 0 Å². The Morgan fingerprint density at radius 3 is 2.89 bits per heavy atom. The Bertz CT molecular complexity index is 399. The van der Waals surface area contributed by atoms with E-state index in [-0.39, 0.29) is 18.1 Å². The van der Waals surface area contributed by atoms with Crippen LogP contribution in [-0.4, -0.2) is 36.1 Å². The largest absolute Gasteiger partial charge is 0.355 e. The fraction of sp³-hybridized carbons (Fsp3) is 0.545. The van der Waals surface area contributed by atoms with Gasteiger partial charge in [-0.05, 0) is 26.0 Å². The van der Waals surface area contributed by atoms with Gasteiger partial charge in [0, 0.05) is 25.2 Å². The van der Waals surface area contributed by atoms with Crippen molar-refractivity contribution in [3.63, 3.8) is 0 Å². The molecule has 2 heterocycles. The van der Waals surface area contributed by atoms with Crippen molar-refractivity contribution in [2.45, 2.75) is 18.9 Å². The molecule has 1 aliphatic heterocycles. The van der Waals surface area contributed by atoms with E-state index in [1.165, 1.54) is 18.7 Å². The lowest BCUT2D eigenvalue weighted by Crippen LogP contribution is -2.44. The summed E-state index contributed by atoms with van der Waals surface area (Å²) in [5.74, 6) is 0.815. The molecule has 1 aromatic rings. The Balaban J connectivity index is 0.00000162. The number of piperidine rings is 1. The van der Waals surface area contributed by atoms with Crippen molar-refractivity contribution in [2.24, 2.45) is 0 Å². The Hall–Kier alpha value is -1.40. The second-order valence-electron chi connectivity index (χ2n) is 4.21. The molecule has 6 nitrogen and oxygen atoms in total. The molecular formula is C11H17ClN4O2. The summed E-state index contributed by atoms with van der Waals surface area (Å²) in [6.07, 6.45) is 3.60. The van der Waals surface area contributed by atoms with Crippen LogP contribution in [0.5, 0.6) is 0 Å². The lowest BCUT2D eigenvalue weighted by Gasteiger charge is -2.33. The molecule has 0 aromatic carbocycles. The van der Waals surface area contributed by atoms with Gasteiger partial charge in [-0.2, -0.15) is 0 Å². The molecule has 0 saturated carbocycles. The van der Waals surface area contributed by atoms with Crippen LogP contribution < -0.4 is 10.2 Å². The first kappa shape index (κ1) is 14.7. The Labute approximate surface area is 112 Å². The van der Waals surface area contributed by atoms with E-state index in [4.69, 9.17) is 0 Å². The van der Waals surface area contributed by atoms with Gasteiger partial charge in [0.1, 0.15) is 12.0 Å². The molecule has 0 aliphatic carbocycles. The van der Waals surface area contributed by atoms with Crippen LogP contribution >= 0.6 is 12.4 Å². The van der Waals surface area contributed by atoms with Crippen molar-refractivity contribution < 1.29 is 4.92 Å². The van der Waals surface area contributed by atoms with E-state index in [0.29, 0.717) is 6.04 Å². The maximum absolute atomic E-state index is 10.5. The average Bonchev–Trinajstić information content (AvgIpc) is 2.39. The molecule has 1 atom stereocenters. The van der Waals surface area contributed by atoms with Crippen LogP contribution in [0.1, 0.15) is 12.8 Å². The highest BCUT2D eigenvalue weighted by atomic mass is 35.5. The summed E-state index contributed by atoms with van der Waals surface area (Å²) >= 11 is 0. The van der Waals surface area contributed by atoms with E-state index in [0.717, 1.165) is 25.3 Å². The number of aromatic nitrogens is 1. The number of likely N-dealkylation sites (N-methyl/N-ethyl adjacent to an activating group) is 1. The van der Waals surface area contributed by atoms with Gasteiger partial charge >= 0.3 is 0 Å². The highest BCUT2D eigenvalue weighted by Gasteiger charge is 2.19. The number of halogens is 1. The zero-order valence-electron chi connectivity index (χ0n) is 10.2. The van der Waals surface area contributed by atoms with Gasteiger partial charge in [-0.25, -0.2) is 4.98 Å². The highest BCUT2D eigenvalue weighted by molar-refractivity contribution is 5.85. The van der Waals surface area contributed by atoms with E-state index in [2.05, 4.69) is 15.2 Å². The fourth-order valence-electron chi connectivity index (χ4n) is 2.09. The van der Waals surface area contributed by atoms with E-state index >= 15 is 0 Å². The van der Waals surface area contributed by atoms with Crippen molar-refractivity contribution >= 4 is 23.9 Å². The van der Waals surface area contributed by atoms with Gasteiger partial charge in [0.15, 0.2) is 0 Å². The van der Waals surface area contributed by atoms with Gasteiger partial charge in [-0.15, -0.1) is 12.4 Å². The van der Waals surface area contributed by atoms with Crippen LogP contribution in [0, 0.1) is 10.1 Å². The number of hydrogen-bond donors (Lipinski definition) is 1. The monoisotopic (exact) mass is 272 g/mol. The molecule has 18 heavy (non-hydrogen) atoms. The van der Waals surface area contributed by atoms with E-state index < -0.39 is 4.92 Å². The predicted molar refractivity (Wildman–Crippen MR) is 72.4 cm³/mol. The normalized spacial score (nSPS) is 19.2. The van der Waals surface area contributed by atoms with Crippen molar-refractivity contribution in [1.82, 2.24) is 10.3 Å². The van der Waals surface area contributed by atoms with Gasteiger partial charge in [0.05, 0.1) is 4.92 Å². The number of nitro groups is 1. The molecule has 1 aliphatic rings. The van der Waals surface area contributed by atoms with Gasteiger partial charge in [-0.3, -0.25) is 10.1 Å². The smallest absolute Gasteiger partial charge is 0.287 e. The second-order valence-corrected chi connectivity index (χ2v) is 4.21. The molecule has 0 radical (unpaired) electrons. The minimum atomic E-state index is -0.427. The molecule has 0 amide bonds. The molecule has 1 saturated heterocycles. The summed E-state index contributed by atoms with van der Waals surface area (Å²) in [5, 5.41) is 13.8. The van der Waals surface area contributed by atoms with Crippen LogP contribution in [0.3, 0.4) is 0 Å². The number of hydrogen-bond acceptors (Lipinski definition) is 5. The third-order valence-electron chi connectivity index (χ3n) is 3.10. The molecule has 1 aromatic heterocycles. The van der Waals surface area contributed by atoms with Crippen LogP contribution in [0.25, 0.3) is 0 Å². The first-order valence-corrected chi connectivity index (χ1v) is 5.73. The maximum Gasteiger partial charge on any atom is 0.287 e. The molecule has 1 fully saturated rings. The highest BCUT2D eigenvalue weighted by Crippen LogP contribution is 2.19. The lowest BCUT2D eigenvalue weighted by atomic mass is 10.1. The quantitative estimate of drug-likeness (QED) is 0.668. The lowest BCUT2D eigenvalue weighted by molar-refractivity contribution is -0.385. The Morgan fingerprint density at radius 2 is 2.33 bits per heavy atom. The summed E-state index contributed by atoms with van der Waals surface area (Å²) < 4.78 is 0.